The molecule has 0 fully saturated rings. The van der Waals surface area contributed by atoms with Crippen LogP contribution in [0.2, 0.25) is 0 Å². The summed E-state index contributed by atoms with van der Waals surface area (Å²) in [6.45, 7) is 0. The highest BCUT2D eigenvalue weighted by Gasteiger charge is 2.14. The van der Waals surface area contributed by atoms with Crippen molar-refractivity contribution in [2.45, 2.75) is 6.42 Å². The Bertz CT molecular complexity index is 1020. The van der Waals surface area contributed by atoms with E-state index in [1.54, 1.807) is 12.1 Å². The number of methoxy groups -OCH3 is 1. The molecule has 3 aromatic rings. The van der Waals surface area contributed by atoms with E-state index in [1.165, 1.54) is 19.2 Å². The fraction of sp³-hybridized carbons (Fsp3) is 0.0833. The summed E-state index contributed by atoms with van der Waals surface area (Å²) in [7, 11) is 1.32. The van der Waals surface area contributed by atoms with E-state index in [1.807, 2.05) is 60.7 Å². The maximum absolute atomic E-state index is 12.4. The van der Waals surface area contributed by atoms with Gasteiger partial charge in [-0.2, -0.15) is 0 Å². The molecule has 0 aliphatic heterocycles. The van der Waals surface area contributed by atoms with Gasteiger partial charge in [0.1, 0.15) is 0 Å². The second kappa shape index (κ2) is 9.31. The first-order valence-corrected chi connectivity index (χ1v) is 9.01. The van der Waals surface area contributed by atoms with E-state index in [0.29, 0.717) is 5.57 Å². The van der Waals surface area contributed by atoms with Gasteiger partial charge in [-0.15, -0.1) is 5.73 Å². The summed E-state index contributed by atoms with van der Waals surface area (Å²) in [4.78, 5) is 22.9. The van der Waals surface area contributed by atoms with Gasteiger partial charge in [0.15, 0.2) is 0 Å². The number of rotatable bonds is 6. The first-order chi connectivity index (χ1) is 14.1. The second-order valence-corrected chi connectivity index (χ2v) is 6.30. The van der Waals surface area contributed by atoms with Crippen molar-refractivity contribution < 1.29 is 14.5 Å². The van der Waals surface area contributed by atoms with E-state index in [-0.39, 0.29) is 12.1 Å². The fourth-order valence-electron chi connectivity index (χ4n) is 2.90. The van der Waals surface area contributed by atoms with E-state index < -0.39 is 10.9 Å². The van der Waals surface area contributed by atoms with Crippen molar-refractivity contribution in [1.29, 1.82) is 0 Å². The monoisotopic (exact) mass is 385 g/mol. The van der Waals surface area contributed by atoms with Gasteiger partial charge >= 0.3 is 5.97 Å². The van der Waals surface area contributed by atoms with Gasteiger partial charge in [0.05, 0.1) is 17.6 Å². The largest absolute Gasteiger partial charge is 0.465 e. The maximum atomic E-state index is 12.4. The highest BCUT2D eigenvalue weighted by molar-refractivity contribution is 5.91. The van der Waals surface area contributed by atoms with Crippen LogP contribution in [0, 0.1) is 10.1 Å². The number of non-ortho nitro benzene ring substituents is 1. The summed E-state index contributed by atoms with van der Waals surface area (Å²) in [5, 5.41) is 10.9. The van der Waals surface area contributed by atoms with Crippen LogP contribution in [0.4, 0.5) is 5.69 Å². The van der Waals surface area contributed by atoms with Crippen LogP contribution in [-0.4, -0.2) is 18.0 Å². The molecule has 3 rings (SSSR count). The molecule has 5 heteroatoms. The van der Waals surface area contributed by atoms with Crippen molar-refractivity contribution in [3.8, 4) is 0 Å². The number of ether oxygens (including phenoxy) is 1. The lowest BCUT2D eigenvalue weighted by molar-refractivity contribution is -0.384. The van der Waals surface area contributed by atoms with Crippen molar-refractivity contribution in [1.82, 2.24) is 0 Å². The Balaban J connectivity index is 2.13. The quantitative estimate of drug-likeness (QED) is 0.198. The highest BCUT2D eigenvalue weighted by Crippen LogP contribution is 2.24. The average molecular weight is 385 g/mol. The molecule has 0 aromatic heterocycles. The molecule has 0 unspecified atom stereocenters. The Morgan fingerprint density at radius 1 is 0.897 bits per heavy atom. The predicted molar refractivity (Wildman–Crippen MR) is 111 cm³/mol. The van der Waals surface area contributed by atoms with Gasteiger partial charge in [-0.05, 0) is 16.7 Å². The lowest BCUT2D eigenvalue weighted by Gasteiger charge is -2.08. The standard InChI is InChI=1S/C24H19NO4/c1-29-24(26)21(16-18-12-14-22(15-13-18)25(27)28)17-23(19-8-4-2-5-9-19)20-10-6-3-7-11-20/h2-15H,16H2,1H3. The molecular formula is C24H19NO4. The summed E-state index contributed by atoms with van der Waals surface area (Å²) >= 11 is 0. The number of carbonyl (C=O) groups excluding carboxylic acids is 1. The minimum Gasteiger partial charge on any atom is -0.465 e. The molecule has 5 nitrogen and oxygen atoms in total. The highest BCUT2D eigenvalue weighted by atomic mass is 16.6. The molecule has 0 aliphatic carbocycles. The fourth-order valence-corrected chi connectivity index (χ4v) is 2.90. The van der Waals surface area contributed by atoms with Crippen LogP contribution in [0.5, 0.6) is 0 Å². The van der Waals surface area contributed by atoms with E-state index in [9.17, 15) is 14.9 Å². The smallest absolute Gasteiger partial charge is 0.341 e. The summed E-state index contributed by atoms with van der Waals surface area (Å²) in [5.41, 5.74) is 6.95. The van der Waals surface area contributed by atoms with Crippen molar-refractivity contribution in [3.63, 3.8) is 0 Å². The number of benzene rings is 3. The van der Waals surface area contributed by atoms with Gasteiger partial charge in [0.25, 0.3) is 5.69 Å². The first-order valence-electron chi connectivity index (χ1n) is 9.01. The second-order valence-electron chi connectivity index (χ2n) is 6.30. The number of esters is 1. The van der Waals surface area contributed by atoms with Crippen LogP contribution in [0.1, 0.15) is 16.7 Å². The van der Waals surface area contributed by atoms with Crippen LogP contribution in [0.3, 0.4) is 0 Å². The van der Waals surface area contributed by atoms with E-state index in [4.69, 9.17) is 4.74 Å². The predicted octanol–water partition coefficient (Wildman–Crippen LogP) is 4.97. The number of hydrogen-bond acceptors (Lipinski definition) is 4. The van der Waals surface area contributed by atoms with Crippen LogP contribution in [0.15, 0.2) is 96.2 Å². The molecule has 0 amide bonds. The molecule has 0 saturated carbocycles. The van der Waals surface area contributed by atoms with E-state index in [2.05, 4.69) is 5.73 Å². The van der Waals surface area contributed by atoms with Gasteiger partial charge in [0, 0.05) is 24.1 Å². The minimum atomic E-state index is -0.493. The van der Waals surface area contributed by atoms with Gasteiger partial charge in [-0.25, -0.2) is 4.79 Å². The first kappa shape index (κ1) is 19.8. The molecule has 0 atom stereocenters. The number of nitrogens with zero attached hydrogens (tertiary/aromatic N) is 1. The third-order valence-electron chi connectivity index (χ3n) is 4.36. The Hall–Kier alpha value is -3.95. The lowest BCUT2D eigenvalue weighted by atomic mass is 9.96. The summed E-state index contributed by atoms with van der Waals surface area (Å²) in [6, 6.07) is 25.5. The molecule has 0 spiro atoms. The molecule has 3 aromatic carbocycles. The Kier molecular flexibility index (Phi) is 6.36. The zero-order valence-corrected chi connectivity index (χ0v) is 15.9. The van der Waals surface area contributed by atoms with Crippen LogP contribution >= 0.6 is 0 Å². The SMILES string of the molecule is COC(=O)C(=C=C(c1ccccc1)c1ccccc1)Cc1ccc([N+](=O)[O-])cc1. The molecule has 0 radical (unpaired) electrons. The van der Waals surface area contributed by atoms with Crippen molar-refractivity contribution >= 4 is 17.2 Å². The summed E-state index contributed by atoms with van der Waals surface area (Å²) < 4.78 is 4.96. The van der Waals surface area contributed by atoms with Gasteiger partial charge in [-0.3, -0.25) is 10.1 Å². The molecule has 0 N–H and O–H groups in total. The average Bonchev–Trinajstić information content (AvgIpc) is 2.77. The molecule has 29 heavy (non-hydrogen) atoms. The minimum absolute atomic E-state index is 0.00199. The van der Waals surface area contributed by atoms with E-state index in [0.717, 1.165) is 22.3 Å². The summed E-state index contributed by atoms with van der Waals surface area (Å²) in [6.07, 6.45) is 0.244. The maximum Gasteiger partial charge on any atom is 0.341 e. The summed E-state index contributed by atoms with van der Waals surface area (Å²) in [5.74, 6) is -0.493. The van der Waals surface area contributed by atoms with E-state index >= 15 is 0 Å². The Labute approximate surface area is 168 Å². The van der Waals surface area contributed by atoms with Crippen molar-refractivity contribution in [2.24, 2.45) is 0 Å². The molecule has 0 saturated heterocycles. The molecule has 0 bridgehead atoms. The normalized spacial score (nSPS) is 9.97. The topological polar surface area (TPSA) is 69.4 Å². The van der Waals surface area contributed by atoms with Gasteiger partial charge in [0.2, 0.25) is 0 Å². The van der Waals surface area contributed by atoms with Crippen molar-refractivity contribution in [3.05, 3.63) is 123 Å². The molecule has 0 aliphatic rings. The lowest BCUT2D eigenvalue weighted by Crippen LogP contribution is -2.07. The molecular weight excluding hydrogens is 366 g/mol. The third-order valence-corrected chi connectivity index (χ3v) is 4.36. The van der Waals surface area contributed by atoms with Gasteiger partial charge < -0.3 is 4.74 Å². The molecule has 144 valence electrons. The van der Waals surface area contributed by atoms with Crippen molar-refractivity contribution in [2.75, 3.05) is 7.11 Å². The van der Waals surface area contributed by atoms with Gasteiger partial charge in [-0.1, -0.05) is 72.8 Å². The number of hydrogen-bond donors (Lipinski definition) is 0. The third kappa shape index (κ3) is 5.06. The number of nitro groups is 1. The van der Waals surface area contributed by atoms with Crippen LogP contribution in [-0.2, 0) is 16.0 Å². The zero-order chi connectivity index (χ0) is 20.6. The van der Waals surface area contributed by atoms with Crippen LogP contribution < -0.4 is 0 Å². The zero-order valence-electron chi connectivity index (χ0n) is 15.9. The number of nitro benzene ring substituents is 1. The molecule has 0 heterocycles. The number of carbonyl (C=O) groups is 1. The Morgan fingerprint density at radius 2 is 1.41 bits per heavy atom. The van der Waals surface area contributed by atoms with Crippen LogP contribution in [0.25, 0.3) is 5.57 Å². The Morgan fingerprint density at radius 3 is 1.86 bits per heavy atom.